The molecule has 1 amide bonds. The van der Waals surface area contributed by atoms with Crippen LogP contribution in [0.1, 0.15) is 16.1 Å². The number of nitrogens with zero attached hydrogens (tertiary/aromatic N) is 3. The van der Waals surface area contributed by atoms with Crippen LogP contribution < -0.4 is 15.1 Å². The van der Waals surface area contributed by atoms with E-state index in [9.17, 15) is 4.79 Å². The van der Waals surface area contributed by atoms with Crippen molar-refractivity contribution < 1.29 is 4.79 Å². The average molecular weight is 465 g/mol. The number of carbonyl (C=O) groups excluding carboxylic acids is 1. The van der Waals surface area contributed by atoms with Gasteiger partial charge in [0.15, 0.2) is 5.13 Å². The number of carbonyl (C=O) groups is 1. The molecule has 3 heterocycles. The van der Waals surface area contributed by atoms with E-state index in [-0.39, 0.29) is 5.91 Å². The lowest BCUT2D eigenvalue weighted by atomic mass is 10.1. The molecule has 4 rings (SSSR count). The first-order valence-electron chi connectivity index (χ1n) is 8.86. The Morgan fingerprint density at radius 1 is 1.37 bits per heavy atom. The van der Waals surface area contributed by atoms with Crippen LogP contribution in [0.2, 0.25) is 0 Å². The van der Waals surface area contributed by atoms with Crippen LogP contribution in [0.5, 0.6) is 0 Å². The Morgan fingerprint density at radius 2 is 2.22 bits per heavy atom. The van der Waals surface area contributed by atoms with Crippen molar-refractivity contribution in [2.75, 3.05) is 43.5 Å². The highest BCUT2D eigenvalue weighted by atomic mass is 79.9. The quantitative estimate of drug-likeness (QED) is 0.605. The topological polar surface area (TPSA) is 48.5 Å². The molecular formula is C19H21BrN4OS2. The van der Waals surface area contributed by atoms with Crippen molar-refractivity contribution in [3.8, 4) is 0 Å². The highest BCUT2D eigenvalue weighted by Gasteiger charge is 2.24. The SMILES string of the molecule is CN(C)c1nc2sc(C(=O)NCC3CCN(c4cccc(Br)c4)C3)cc2s1. The van der Waals surface area contributed by atoms with Gasteiger partial charge in [0.25, 0.3) is 5.91 Å². The van der Waals surface area contributed by atoms with Crippen molar-refractivity contribution in [2.24, 2.45) is 5.92 Å². The van der Waals surface area contributed by atoms with Crippen LogP contribution in [0.3, 0.4) is 0 Å². The molecule has 0 bridgehead atoms. The number of benzene rings is 1. The van der Waals surface area contributed by atoms with E-state index in [1.807, 2.05) is 31.1 Å². The number of halogens is 1. The average Bonchev–Trinajstić information content (AvgIpc) is 3.34. The van der Waals surface area contributed by atoms with Gasteiger partial charge in [0.2, 0.25) is 0 Å². The summed E-state index contributed by atoms with van der Waals surface area (Å²) in [4.78, 5) is 23.2. The second-order valence-corrected chi connectivity index (χ2v) is 9.92. The molecule has 3 aromatic rings. The second kappa shape index (κ2) is 7.77. The Bertz CT molecular complexity index is 936. The van der Waals surface area contributed by atoms with Crippen molar-refractivity contribution >= 4 is 64.9 Å². The van der Waals surface area contributed by atoms with E-state index in [4.69, 9.17) is 0 Å². The van der Waals surface area contributed by atoms with Crippen LogP contribution >= 0.6 is 38.6 Å². The standard InChI is InChI=1S/C19H21BrN4OS2/c1-23(2)19-22-18-16(27-19)9-15(26-18)17(25)21-10-12-6-7-24(11-12)14-5-3-4-13(20)8-14/h3-5,8-9,12H,6-7,10-11H2,1-2H3,(H,21,25). The molecule has 0 aliphatic carbocycles. The number of amides is 1. The summed E-state index contributed by atoms with van der Waals surface area (Å²) in [6.07, 6.45) is 1.10. The van der Waals surface area contributed by atoms with E-state index >= 15 is 0 Å². The number of aromatic nitrogens is 1. The van der Waals surface area contributed by atoms with Gasteiger partial charge in [-0.25, -0.2) is 4.98 Å². The van der Waals surface area contributed by atoms with Gasteiger partial charge in [-0.15, -0.1) is 11.3 Å². The molecule has 0 spiro atoms. The first-order chi connectivity index (χ1) is 13.0. The largest absolute Gasteiger partial charge is 0.371 e. The number of anilines is 2. The van der Waals surface area contributed by atoms with Gasteiger partial charge in [-0.1, -0.05) is 33.3 Å². The van der Waals surface area contributed by atoms with Crippen LogP contribution in [-0.2, 0) is 0 Å². The highest BCUT2D eigenvalue weighted by Crippen LogP contribution is 2.34. The summed E-state index contributed by atoms with van der Waals surface area (Å²) in [5.41, 5.74) is 1.24. The third-order valence-electron chi connectivity index (χ3n) is 4.69. The number of hydrogen-bond acceptors (Lipinski definition) is 6. The normalized spacial score (nSPS) is 16.9. The molecule has 1 aliphatic rings. The van der Waals surface area contributed by atoms with Gasteiger partial charge in [0.1, 0.15) is 4.83 Å². The number of thiazole rings is 1. The fourth-order valence-corrected chi connectivity index (χ4v) is 5.69. The van der Waals surface area contributed by atoms with Gasteiger partial charge in [0.05, 0.1) is 9.58 Å². The molecule has 1 N–H and O–H groups in total. The zero-order valence-corrected chi connectivity index (χ0v) is 18.5. The molecule has 142 valence electrons. The molecule has 1 fully saturated rings. The first kappa shape index (κ1) is 18.7. The Hall–Kier alpha value is -1.64. The van der Waals surface area contributed by atoms with E-state index in [0.29, 0.717) is 12.5 Å². The third-order valence-corrected chi connectivity index (χ3v) is 7.52. The summed E-state index contributed by atoms with van der Waals surface area (Å²) in [7, 11) is 3.96. The lowest BCUT2D eigenvalue weighted by molar-refractivity contribution is 0.0952. The van der Waals surface area contributed by atoms with Gasteiger partial charge in [0, 0.05) is 43.9 Å². The minimum absolute atomic E-state index is 0.0116. The maximum absolute atomic E-state index is 12.5. The summed E-state index contributed by atoms with van der Waals surface area (Å²) in [6, 6.07) is 10.3. The summed E-state index contributed by atoms with van der Waals surface area (Å²) in [6.45, 7) is 2.72. The number of nitrogens with one attached hydrogen (secondary N) is 1. The van der Waals surface area contributed by atoms with E-state index < -0.39 is 0 Å². The van der Waals surface area contributed by atoms with Crippen LogP contribution in [0.4, 0.5) is 10.8 Å². The molecule has 0 saturated carbocycles. The van der Waals surface area contributed by atoms with E-state index in [1.54, 1.807) is 11.3 Å². The minimum Gasteiger partial charge on any atom is -0.371 e. The molecule has 5 nitrogen and oxygen atoms in total. The second-order valence-electron chi connectivity index (χ2n) is 6.96. The minimum atomic E-state index is 0.0116. The zero-order chi connectivity index (χ0) is 19.0. The number of thiophene rings is 1. The Kier molecular flexibility index (Phi) is 5.39. The molecule has 1 aromatic carbocycles. The summed E-state index contributed by atoms with van der Waals surface area (Å²) >= 11 is 6.62. The van der Waals surface area contributed by atoms with Crippen LogP contribution in [0, 0.1) is 5.92 Å². The Balaban J connectivity index is 1.33. The van der Waals surface area contributed by atoms with Gasteiger partial charge < -0.3 is 15.1 Å². The highest BCUT2D eigenvalue weighted by molar-refractivity contribution is 9.10. The lowest BCUT2D eigenvalue weighted by Gasteiger charge is -2.19. The van der Waals surface area contributed by atoms with Gasteiger partial charge in [-0.2, -0.15) is 0 Å². The zero-order valence-electron chi connectivity index (χ0n) is 15.2. The number of rotatable bonds is 5. The molecule has 1 aliphatic heterocycles. The van der Waals surface area contributed by atoms with Gasteiger partial charge in [-0.05, 0) is 36.6 Å². The maximum Gasteiger partial charge on any atom is 0.261 e. The Labute approximate surface area is 175 Å². The van der Waals surface area contributed by atoms with Gasteiger partial charge in [-0.3, -0.25) is 4.79 Å². The number of hydrogen-bond donors (Lipinski definition) is 1. The monoisotopic (exact) mass is 464 g/mol. The van der Waals surface area contributed by atoms with Crippen molar-refractivity contribution in [1.82, 2.24) is 10.3 Å². The van der Waals surface area contributed by atoms with Gasteiger partial charge >= 0.3 is 0 Å². The molecular weight excluding hydrogens is 444 g/mol. The van der Waals surface area contributed by atoms with Crippen LogP contribution in [0.15, 0.2) is 34.8 Å². The molecule has 1 unspecified atom stereocenters. The molecule has 8 heteroatoms. The molecule has 1 atom stereocenters. The van der Waals surface area contributed by atoms with Crippen molar-refractivity contribution in [1.29, 1.82) is 0 Å². The fraction of sp³-hybridized carbons (Fsp3) is 0.368. The van der Waals surface area contributed by atoms with E-state index in [0.717, 1.165) is 43.5 Å². The summed E-state index contributed by atoms with van der Waals surface area (Å²) in [5, 5.41) is 4.09. The molecule has 27 heavy (non-hydrogen) atoms. The smallest absolute Gasteiger partial charge is 0.261 e. The van der Waals surface area contributed by atoms with E-state index in [1.165, 1.54) is 17.0 Å². The summed E-state index contributed by atoms with van der Waals surface area (Å²) < 4.78 is 2.18. The maximum atomic E-state index is 12.5. The van der Waals surface area contributed by atoms with Crippen LogP contribution in [0.25, 0.3) is 9.53 Å². The number of fused-ring (bicyclic) bond motifs is 1. The third kappa shape index (κ3) is 4.12. The fourth-order valence-electron chi connectivity index (χ4n) is 3.26. The van der Waals surface area contributed by atoms with Crippen LogP contribution in [-0.4, -0.2) is 44.6 Å². The molecule has 1 saturated heterocycles. The van der Waals surface area contributed by atoms with Crippen molar-refractivity contribution in [3.63, 3.8) is 0 Å². The Morgan fingerprint density at radius 3 is 2.96 bits per heavy atom. The predicted octanol–water partition coefficient (Wildman–Crippen LogP) is 4.44. The van der Waals surface area contributed by atoms with Crippen molar-refractivity contribution in [2.45, 2.75) is 6.42 Å². The molecule has 0 radical (unpaired) electrons. The van der Waals surface area contributed by atoms with Crippen molar-refractivity contribution in [3.05, 3.63) is 39.7 Å². The van der Waals surface area contributed by atoms with E-state index in [2.05, 4.69) is 49.3 Å². The predicted molar refractivity (Wildman–Crippen MR) is 119 cm³/mol. The molecule has 2 aromatic heterocycles. The summed E-state index contributed by atoms with van der Waals surface area (Å²) in [5.74, 6) is 0.491. The first-order valence-corrected chi connectivity index (χ1v) is 11.3. The lowest BCUT2D eigenvalue weighted by Crippen LogP contribution is -2.30.